The summed E-state index contributed by atoms with van der Waals surface area (Å²) in [6.07, 6.45) is 6.38. The summed E-state index contributed by atoms with van der Waals surface area (Å²) in [5.41, 5.74) is 2.77. The van der Waals surface area contributed by atoms with Crippen LogP contribution >= 0.6 is 0 Å². The Kier molecular flexibility index (Phi) is 6.47. The Morgan fingerprint density at radius 2 is 1.88 bits per heavy atom. The van der Waals surface area contributed by atoms with Crippen molar-refractivity contribution in [2.45, 2.75) is 46.2 Å². The van der Waals surface area contributed by atoms with Crippen LogP contribution in [0.4, 0.5) is 4.39 Å². The number of aromatic nitrogens is 4. The number of imidazole rings is 1. The lowest BCUT2D eigenvalue weighted by molar-refractivity contribution is 0.277. The molecule has 4 rings (SSSR count). The largest absolute Gasteiger partial charge is 0.396 e. The summed E-state index contributed by atoms with van der Waals surface area (Å²) >= 11 is 0. The zero-order valence-corrected chi connectivity index (χ0v) is 19.2. The molecule has 0 amide bonds. The molecule has 8 heteroatoms. The number of hydrogen-bond acceptors (Lipinski definition) is 4. The molecule has 2 aromatic heterocycles. The van der Waals surface area contributed by atoms with Gasteiger partial charge in [-0.1, -0.05) is 43.7 Å². The van der Waals surface area contributed by atoms with Crippen LogP contribution in [-0.4, -0.2) is 30.4 Å². The zero-order chi connectivity index (χ0) is 23.7. The second-order valence-electron chi connectivity index (χ2n) is 8.77. The Morgan fingerprint density at radius 3 is 2.55 bits per heavy atom. The molecule has 0 unspecified atom stereocenters. The number of allylic oxidation sites excluding steroid dienone is 4. The van der Waals surface area contributed by atoms with Crippen molar-refractivity contribution in [3.63, 3.8) is 0 Å². The van der Waals surface area contributed by atoms with E-state index in [1.54, 1.807) is 19.2 Å². The fourth-order valence-corrected chi connectivity index (χ4v) is 4.28. The van der Waals surface area contributed by atoms with Gasteiger partial charge in [-0.25, -0.2) is 14.2 Å². The number of aryl methyl sites for hydroxylation is 1. The van der Waals surface area contributed by atoms with E-state index in [1.165, 1.54) is 22.3 Å². The van der Waals surface area contributed by atoms with Crippen molar-refractivity contribution in [3.05, 3.63) is 80.0 Å². The minimum absolute atomic E-state index is 0.120. The van der Waals surface area contributed by atoms with Gasteiger partial charge in [-0.2, -0.15) is 0 Å². The van der Waals surface area contributed by atoms with E-state index >= 15 is 0 Å². The van der Waals surface area contributed by atoms with E-state index in [0.717, 1.165) is 28.5 Å². The van der Waals surface area contributed by atoms with Gasteiger partial charge in [-0.05, 0) is 42.9 Å². The molecular formula is C25H29FN4O3. The van der Waals surface area contributed by atoms with E-state index in [1.807, 2.05) is 4.57 Å². The zero-order valence-electron chi connectivity index (χ0n) is 19.2. The predicted molar refractivity (Wildman–Crippen MR) is 127 cm³/mol. The van der Waals surface area contributed by atoms with Crippen LogP contribution in [0.15, 0.2) is 51.6 Å². The highest BCUT2D eigenvalue weighted by Gasteiger charge is 2.23. The van der Waals surface area contributed by atoms with Crippen LogP contribution in [-0.2, 0) is 20.1 Å². The Labute approximate surface area is 191 Å². The number of aliphatic hydroxyl groups is 1. The van der Waals surface area contributed by atoms with Gasteiger partial charge in [0, 0.05) is 32.3 Å². The molecule has 1 aromatic carbocycles. The van der Waals surface area contributed by atoms with Crippen molar-refractivity contribution in [1.82, 2.24) is 18.7 Å². The first-order valence-corrected chi connectivity index (χ1v) is 11.3. The van der Waals surface area contributed by atoms with Crippen molar-refractivity contribution in [3.8, 4) is 0 Å². The van der Waals surface area contributed by atoms with Gasteiger partial charge in [0.25, 0.3) is 5.56 Å². The van der Waals surface area contributed by atoms with E-state index in [2.05, 4.69) is 26.0 Å². The summed E-state index contributed by atoms with van der Waals surface area (Å²) in [6.45, 7) is 4.61. The Bertz CT molecular complexity index is 1360. The molecule has 7 nitrogen and oxygen atoms in total. The van der Waals surface area contributed by atoms with E-state index in [4.69, 9.17) is 4.98 Å². The standard InChI is InChI=1S/C25H29FN4O3/c1-16(2)18-6-4-7-19(14-18)22-27-23-21(30(22)15-17-8-10-20(26)11-9-17)24(32)29(12-5-13-31)25(33)28(23)3/h7-11,14,16,31H,4-6,12-13,15H2,1-3H3. The number of hydrogen-bond donors (Lipinski definition) is 1. The molecule has 0 spiro atoms. The second-order valence-corrected chi connectivity index (χ2v) is 8.77. The highest BCUT2D eigenvalue weighted by Crippen LogP contribution is 2.30. The number of fused-ring (bicyclic) bond motifs is 1. The third-order valence-electron chi connectivity index (χ3n) is 6.16. The number of rotatable bonds is 7. The lowest BCUT2D eigenvalue weighted by Crippen LogP contribution is -2.40. The molecular weight excluding hydrogens is 423 g/mol. The monoisotopic (exact) mass is 452 g/mol. The molecule has 0 atom stereocenters. The summed E-state index contributed by atoms with van der Waals surface area (Å²) in [7, 11) is 1.60. The second kappa shape index (κ2) is 9.31. The van der Waals surface area contributed by atoms with Crippen LogP contribution in [0.3, 0.4) is 0 Å². The van der Waals surface area contributed by atoms with Crippen LogP contribution in [0.2, 0.25) is 0 Å². The first kappa shape index (κ1) is 22.9. The lowest BCUT2D eigenvalue weighted by atomic mass is 9.91. The number of aliphatic hydroxyl groups excluding tert-OH is 1. The maximum atomic E-state index is 13.5. The molecule has 174 valence electrons. The number of benzene rings is 1. The molecule has 1 aliphatic rings. The maximum absolute atomic E-state index is 13.5. The molecule has 1 N–H and O–H groups in total. The summed E-state index contributed by atoms with van der Waals surface area (Å²) in [5, 5.41) is 9.22. The molecule has 0 radical (unpaired) electrons. The SMILES string of the molecule is CC(C)C1=CC(c2nc3c(c(=O)n(CCCO)c(=O)n3C)n2Cc2ccc(F)cc2)=CCC1. The van der Waals surface area contributed by atoms with Crippen LogP contribution < -0.4 is 11.2 Å². The van der Waals surface area contributed by atoms with Gasteiger partial charge in [0.1, 0.15) is 11.6 Å². The third kappa shape index (κ3) is 4.35. The molecule has 1 aliphatic carbocycles. The van der Waals surface area contributed by atoms with Gasteiger partial charge in [0.2, 0.25) is 0 Å². The van der Waals surface area contributed by atoms with Crippen molar-refractivity contribution >= 4 is 16.7 Å². The van der Waals surface area contributed by atoms with E-state index in [-0.39, 0.29) is 19.0 Å². The van der Waals surface area contributed by atoms with Crippen LogP contribution in [0.25, 0.3) is 16.7 Å². The highest BCUT2D eigenvalue weighted by atomic mass is 19.1. The van der Waals surface area contributed by atoms with E-state index < -0.39 is 11.2 Å². The molecule has 0 aliphatic heterocycles. The van der Waals surface area contributed by atoms with E-state index in [0.29, 0.717) is 35.9 Å². The molecule has 0 bridgehead atoms. The number of nitrogens with zero attached hydrogens (tertiary/aromatic N) is 4. The first-order valence-electron chi connectivity index (χ1n) is 11.3. The lowest BCUT2D eigenvalue weighted by Gasteiger charge is -2.18. The maximum Gasteiger partial charge on any atom is 0.332 e. The molecule has 0 fully saturated rings. The van der Waals surface area contributed by atoms with Crippen LogP contribution in [0.5, 0.6) is 0 Å². The molecule has 2 heterocycles. The Morgan fingerprint density at radius 1 is 1.15 bits per heavy atom. The smallest absolute Gasteiger partial charge is 0.332 e. The minimum atomic E-state index is -0.463. The summed E-state index contributed by atoms with van der Waals surface area (Å²) in [6, 6.07) is 6.14. The molecule has 3 aromatic rings. The van der Waals surface area contributed by atoms with Crippen molar-refractivity contribution in [1.29, 1.82) is 0 Å². The minimum Gasteiger partial charge on any atom is -0.396 e. The average Bonchev–Trinajstić information content (AvgIpc) is 3.18. The summed E-state index contributed by atoms with van der Waals surface area (Å²) in [5.74, 6) is 0.672. The van der Waals surface area contributed by atoms with Crippen molar-refractivity contribution in [2.75, 3.05) is 6.61 Å². The van der Waals surface area contributed by atoms with Crippen LogP contribution in [0, 0.1) is 11.7 Å². The van der Waals surface area contributed by atoms with Gasteiger partial charge in [0.15, 0.2) is 11.2 Å². The molecule has 33 heavy (non-hydrogen) atoms. The van der Waals surface area contributed by atoms with Crippen molar-refractivity contribution in [2.24, 2.45) is 13.0 Å². The third-order valence-corrected chi connectivity index (χ3v) is 6.16. The van der Waals surface area contributed by atoms with Gasteiger partial charge in [0.05, 0.1) is 0 Å². The van der Waals surface area contributed by atoms with Gasteiger partial charge in [-0.3, -0.25) is 13.9 Å². The Hall–Kier alpha value is -3.26. The van der Waals surface area contributed by atoms with Gasteiger partial charge < -0.3 is 9.67 Å². The average molecular weight is 453 g/mol. The summed E-state index contributed by atoms with van der Waals surface area (Å²) < 4.78 is 17.8. The predicted octanol–water partition coefficient (Wildman–Crippen LogP) is 3.23. The van der Waals surface area contributed by atoms with Crippen LogP contribution in [0.1, 0.15) is 44.5 Å². The molecule has 0 saturated heterocycles. The summed E-state index contributed by atoms with van der Waals surface area (Å²) in [4.78, 5) is 31.1. The normalized spacial score (nSPS) is 14.1. The Balaban J connectivity index is 1.98. The fourth-order valence-electron chi connectivity index (χ4n) is 4.28. The number of halogens is 1. The highest BCUT2D eigenvalue weighted by molar-refractivity contribution is 5.80. The first-order chi connectivity index (χ1) is 15.8. The topological polar surface area (TPSA) is 82.1 Å². The molecule has 0 saturated carbocycles. The fraction of sp³-hybridized carbons (Fsp3) is 0.400. The van der Waals surface area contributed by atoms with E-state index in [9.17, 15) is 19.1 Å². The quantitative estimate of drug-likeness (QED) is 0.597. The van der Waals surface area contributed by atoms with Gasteiger partial charge in [-0.15, -0.1) is 0 Å². The van der Waals surface area contributed by atoms with Crippen molar-refractivity contribution < 1.29 is 9.50 Å². The van der Waals surface area contributed by atoms with Gasteiger partial charge >= 0.3 is 5.69 Å².